The Morgan fingerprint density at radius 2 is 1.86 bits per heavy atom. The van der Waals surface area contributed by atoms with Gasteiger partial charge in [0.1, 0.15) is 5.69 Å². The van der Waals surface area contributed by atoms with Crippen LogP contribution in [0.3, 0.4) is 0 Å². The lowest BCUT2D eigenvalue weighted by molar-refractivity contribution is 0.292. The smallest absolute Gasteiger partial charge is 0.151 e. The molecule has 14 heavy (non-hydrogen) atoms. The normalized spacial score (nSPS) is 10.2. The molecule has 0 atom stereocenters. The molecule has 0 fully saturated rings. The fourth-order valence-electron chi connectivity index (χ4n) is 1.05. The number of hydrogen-bond donors (Lipinski definition) is 3. The molecule has 5 heteroatoms. The number of aliphatic hydroxyl groups is 1. The summed E-state index contributed by atoms with van der Waals surface area (Å²) in [4.78, 5) is 0. The van der Waals surface area contributed by atoms with Gasteiger partial charge in [-0.1, -0.05) is 0 Å². The van der Waals surface area contributed by atoms with Gasteiger partial charge in [-0.25, -0.2) is 8.78 Å². The average molecular weight is 202 g/mol. The molecule has 4 N–H and O–H groups in total. The first-order valence-electron chi connectivity index (χ1n) is 4.24. The van der Waals surface area contributed by atoms with Crippen LogP contribution in [0.15, 0.2) is 12.1 Å². The number of benzene rings is 1. The second-order valence-corrected chi connectivity index (χ2v) is 2.86. The van der Waals surface area contributed by atoms with Gasteiger partial charge >= 0.3 is 0 Å². The summed E-state index contributed by atoms with van der Waals surface area (Å²) in [5, 5.41) is 11.0. The summed E-state index contributed by atoms with van der Waals surface area (Å²) in [6.07, 6.45) is 0.434. The highest BCUT2D eigenvalue weighted by atomic mass is 19.1. The van der Waals surface area contributed by atoms with E-state index in [1.807, 2.05) is 0 Å². The van der Waals surface area contributed by atoms with Crippen molar-refractivity contribution >= 4 is 11.4 Å². The van der Waals surface area contributed by atoms with Gasteiger partial charge in [0.2, 0.25) is 0 Å². The molecule has 0 aliphatic rings. The molecule has 0 aliphatic carbocycles. The molecule has 0 aromatic heterocycles. The van der Waals surface area contributed by atoms with Gasteiger partial charge in [-0.2, -0.15) is 0 Å². The van der Waals surface area contributed by atoms with Crippen molar-refractivity contribution in [3.05, 3.63) is 23.8 Å². The van der Waals surface area contributed by atoms with Crippen molar-refractivity contribution in [1.29, 1.82) is 0 Å². The van der Waals surface area contributed by atoms with Gasteiger partial charge in [0.05, 0.1) is 0 Å². The van der Waals surface area contributed by atoms with E-state index in [9.17, 15) is 8.78 Å². The molecule has 0 amide bonds. The topological polar surface area (TPSA) is 58.3 Å². The third kappa shape index (κ3) is 2.56. The predicted octanol–water partition coefficient (Wildman–Crippen LogP) is 1.34. The van der Waals surface area contributed by atoms with Gasteiger partial charge in [-0.15, -0.1) is 0 Å². The minimum atomic E-state index is -0.722. The van der Waals surface area contributed by atoms with Gasteiger partial charge in [-0.05, 0) is 18.6 Å². The Morgan fingerprint density at radius 3 is 2.36 bits per heavy atom. The van der Waals surface area contributed by atoms with E-state index >= 15 is 0 Å². The Balaban J connectivity index is 2.75. The fourth-order valence-corrected chi connectivity index (χ4v) is 1.05. The first-order valence-corrected chi connectivity index (χ1v) is 4.24. The zero-order chi connectivity index (χ0) is 10.6. The third-order valence-corrected chi connectivity index (χ3v) is 1.70. The van der Waals surface area contributed by atoms with E-state index in [0.717, 1.165) is 12.1 Å². The van der Waals surface area contributed by atoms with Crippen LogP contribution in [-0.4, -0.2) is 18.3 Å². The van der Waals surface area contributed by atoms with Crippen LogP contribution < -0.4 is 11.1 Å². The number of nitrogens with one attached hydrogen (secondary N) is 1. The third-order valence-electron chi connectivity index (χ3n) is 1.70. The zero-order valence-corrected chi connectivity index (χ0v) is 7.56. The maximum atomic E-state index is 13.1. The quantitative estimate of drug-likeness (QED) is 0.510. The number of nitrogen functional groups attached to an aromatic ring is 1. The Morgan fingerprint density at radius 1 is 1.29 bits per heavy atom. The summed E-state index contributed by atoms with van der Waals surface area (Å²) in [5.74, 6) is -1.44. The maximum absolute atomic E-state index is 13.1. The highest BCUT2D eigenvalue weighted by molar-refractivity contribution is 5.53. The van der Waals surface area contributed by atoms with Crippen LogP contribution in [0.25, 0.3) is 0 Å². The van der Waals surface area contributed by atoms with Crippen molar-refractivity contribution in [2.45, 2.75) is 6.42 Å². The second-order valence-electron chi connectivity index (χ2n) is 2.86. The Labute approximate surface area is 80.5 Å². The van der Waals surface area contributed by atoms with E-state index in [4.69, 9.17) is 10.8 Å². The highest BCUT2D eigenvalue weighted by Gasteiger charge is 2.08. The predicted molar refractivity (Wildman–Crippen MR) is 51.0 cm³/mol. The number of rotatable bonds is 4. The van der Waals surface area contributed by atoms with Crippen molar-refractivity contribution in [2.24, 2.45) is 0 Å². The molecule has 3 nitrogen and oxygen atoms in total. The number of aliphatic hydroxyl groups excluding tert-OH is 1. The van der Waals surface area contributed by atoms with E-state index in [1.54, 1.807) is 0 Å². The molecule has 0 bridgehead atoms. The molecule has 0 saturated heterocycles. The van der Waals surface area contributed by atoms with Crippen molar-refractivity contribution in [2.75, 3.05) is 24.2 Å². The molecule has 0 saturated carbocycles. The second kappa shape index (κ2) is 4.76. The summed E-state index contributed by atoms with van der Waals surface area (Å²) < 4.78 is 26.2. The minimum Gasteiger partial charge on any atom is -0.399 e. The van der Waals surface area contributed by atoms with Gasteiger partial charge in [-0.3, -0.25) is 0 Å². The summed E-state index contributed by atoms with van der Waals surface area (Å²) in [6.45, 7) is 0.291. The molecule has 1 rings (SSSR count). The lowest BCUT2D eigenvalue weighted by Gasteiger charge is -2.08. The lowest BCUT2D eigenvalue weighted by atomic mass is 10.2. The van der Waals surface area contributed by atoms with Crippen LogP contribution in [-0.2, 0) is 0 Å². The monoisotopic (exact) mass is 202 g/mol. The van der Waals surface area contributed by atoms with Crippen LogP contribution in [0.2, 0.25) is 0 Å². The van der Waals surface area contributed by atoms with E-state index in [1.165, 1.54) is 0 Å². The average Bonchev–Trinajstić information content (AvgIpc) is 2.09. The molecule has 1 aromatic carbocycles. The molecule has 0 spiro atoms. The Bertz CT molecular complexity index is 295. The largest absolute Gasteiger partial charge is 0.399 e. The van der Waals surface area contributed by atoms with E-state index in [2.05, 4.69) is 5.32 Å². The number of anilines is 2. The van der Waals surface area contributed by atoms with Crippen molar-refractivity contribution in [3.63, 3.8) is 0 Å². The first kappa shape index (κ1) is 10.7. The van der Waals surface area contributed by atoms with Crippen molar-refractivity contribution in [1.82, 2.24) is 0 Å². The molecule has 0 unspecified atom stereocenters. The number of nitrogens with two attached hydrogens (primary N) is 1. The fraction of sp³-hybridized carbons (Fsp3) is 0.333. The van der Waals surface area contributed by atoms with Crippen LogP contribution in [0.4, 0.5) is 20.2 Å². The van der Waals surface area contributed by atoms with Crippen molar-refractivity contribution < 1.29 is 13.9 Å². The summed E-state index contributed by atoms with van der Waals surface area (Å²) >= 11 is 0. The van der Waals surface area contributed by atoms with Gasteiger partial charge in [0.15, 0.2) is 11.6 Å². The maximum Gasteiger partial charge on any atom is 0.151 e. The molecule has 1 aromatic rings. The van der Waals surface area contributed by atoms with E-state index in [0.29, 0.717) is 13.0 Å². The SMILES string of the molecule is Nc1cc(F)c(NCCCO)c(F)c1. The minimum absolute atomic E-state index is 0.0226. The standard InChI is InChI=1S/C9H12F2N2O/c10-7-4-6(12)5-8(11)9(7)13-2-1-3-14/h4-5,13-14H,1-3,12H2. The molecular weight excluding hydrogens is 190 g/mol. The summed E-state index contributed by atoms with van der Waals surface area (Å²) in [5.41, 5.74) is 5.08. The number of halogens is 2. The van der Waals surface area contributed by atoms with Crippen LogP contribution in [0.5, 0.6) is 0 Å². The van der Waals surface area contributed by atoms with Gasteiger partial charge in [0, 0.05) is 18.8 Å². The molecule has 0 heterocycles. The molecule has 0 aliphatic heterocycles. The zero-order valence-electron chi connectivity index (χ0n) is 7.56. The van der Waals surface area contributed by atoms with Gasteiger partial charge < -0.3 is 16.2 Å². The Hall–Kier alpha value is -1.36. The summed E-state index contributed by atoms with van der Waals surface area (Å²) in [6, 6.07) is 2.09. The lowest BCUT2D eigenvalue weighted by Crippen LogP contribution is -2.07. The van der Waals surface area contributed by atoms with Crippen LogP contribution in [0, 0.1) is 11.6 Å². The van der Waals surface area contributed by atoms with Gasteiger partial charge in [0.25, 0.3) is 0 Å². The van der Waals surface area contributed by atoms with Crippen LogP contribution in [0.1, 0.15) is 6.42 Å². The van der Waals surface area contributed by atoms with E-state index in [-0.39, 0.29) is 18.0 Å². The molecule has 0 radical (unpaired) electrons. The molecule has 78 valence electrons. The van der Waals surface area contributed by atoms with Crippen LogP contribution >= 0.6 is 0 Å². The first-order chi connectivity index (χ1) is 6.65. The Kier molecular flexibility index (Phi) is 3.64. The van der Waals surface area contributed by atoms with E-state index < -0.39 is 11.6 Å². The summed E-state index contributed by atoms with van der Waals surface area (Å²) in [7, 11) is 0. The highest BCUT2D eigenvalue weighted by Crippen LogP contribution is 2.21. The van der Waals surface area contributed by atoms with Crippen molar-refractivity contribution in [3.8, 4) is 0 Å². The molecular formula is C9H12F2N2O. The number of hydrogen-bond acceptors (Lipinski definition) is 3.